The van der Waals surface area contributed by atoms with Crippen LogP contribution in [0.5, 0.6) is 0 Å². The fourth-order valence-corrected chi connectivity index (χ4v) is 2.32. The molecule has 0 fully saturated rings. The summed E-state index contributed by atoms with van der Waals surface area (Å²) >= 11 is 11.6. The SMILES string of the molecule is Cc1cc(C(=O)NNC(=O)c2cc(Cl)cc(Cl)c2)c(C)o1. The smallest absolute Gasteiger partial charge is 0.273 e. The number of nitrogens with one attached hydrogen (secondary N) is 2. The molecule has 5 nitrogen and oxygen atoms in total. The summed E-state index contributed by atoms with van der Waals surface area (Å²) in [5.41, 5.74) is 5.20. The van der Waals surface area contributed by atoms with Gasteiger partial charge in [-0.2, -0.15) is 0 Å². The summed E-state index contributed by atoms with van der Waals surface area (Å²) in [5, 5.41) is 0.667. The highest BCUT2D eigenvalue weighted by molar-refractivity contribution is 6.35. The molecule has 2 amide bonds. The Morgan fingerprint density at radius 3 is 2.05 bits per heavy atom. The number of aryl methyl sites for hydroxylation is 2. The maximum atomic E-state index is 11.9. The van der Waals surface area contributed by atoms with Gasteiger partial charge in [-0.15, -0.1) is 0 Å². The number of halogens is 2. The maximum Gasteiger partial charge on any atom is 0.273 e. The van der Waals surface area contributed by atoms with Crippen LogP contribution in [0.2, 0.25) is 10.0 Å². The molecule has 7 heteroatoms. The van der Waals surface area contributed by atoms with Crippen molar-refractivity contribution in [2.24, 2.45) is 0 Å². The fraction of sp³-hybridized carbons (Fsp3) is 0.143. The fourth-order valence-electron chi connectivity index (χ4n) is 1.79. The van der Waals surface area contributed by atoms with Crippen molar-refractivity contribution in [3.05, 3.63) is 57.0 Å². The van der Waals surface area contributed by atoms with E-state index in [1.807, 2.05) is 0 Å². The molecule has 0 unspecified atom stereocenters. The monoisotopic (exact) mass is 326 g/mol. The van der Waals surface area contributed by atoms with Crippen LogP contribution >= 0.6 is 23.2 Å². The van der Waals surface area contributed by atoms with E-state index >= 15 is 0 Å². The number of carbonyl (C=O) groups is 2. The van der Waals surface area contributed by atoms with Crippen LogP contribution in [0.25, 0.3) is 0 Å². The number of benzene rings is 1. The third-order valence-corrected chi connectivity index (χ3v) is 3.14. The topological polar surface area (TPSA) is 71.3 Å². The van der Waals surface area contributed by atoms with E-state index in [9.17, 15) is 9.59 Å². The Bertz CT molecular complexity index is 690. The standard InChI is InChI=1S/C14H12Cl2N2O3/c1-7-3-12(8(2)21-7)14(20)18-17-13(19)9-4-10(15)6-11(16)5-9/h3-6H,1-2H3,(H,17,19)(H,18,20). The molecule has 110 valence electrons. The first-order valence-corrected chi connectivity index (χ1v) is 6.76. The molecule has 0 atom stereocenters. The van der Waals surface area contributed by atoms with Crippen molar-refractivity contribution in [3.8, 4) is 0 Å². The Labute approximate surface area is 131 Å². The highest BCUT2D eigenvalue weighted by Gasteiger charge is 2.15. The maximum absolute atomic E-state index is 11.9. The van der Waals surface area contributed by atoms with Gasteiger partial charge in [0.1, 0.15) is 11.5 Å². The molecular weight excluding hydrogens is 315 g/mol. The van der Waals surface area contributed by atoms with Gasteiger partial charge < -0.3 is 4.42 Å². The molecule has 0 radical (unpaired) electrons. The van der Waals surface area contributed by atoms with Crippen LogP contribution in [0.3, 0.4) is 0 Å². The minimum atomic E-state index is -0.523. The molecule has 1 heterocycles. The Hall–Kier alpha value is -1.98. The van der Waals surface area contributed by atoms with Gasteiger partial charge >= 0.3 is 0 Å². The van der Waals surface area contributed by atoms with Crippen LogP contribution in [-0.4, -0.2) is 11.8 Å². The normalized spacial score (nSPS) is 10.3. The average Bonchev–Trinajstić information content (AvgIpc) is 2.73. The minimum Gasteiger partial charge on any atom is -0.466 e. The van der Waals surface area contributed by atoms with E-state index in [2.05, 4.69) is 10.9 Å². The summed E-state index contributed by atoms with van der Waals surface area (Å²) in [7, 11) is 0. The molecular formula is C14H12Cl2N2O3. The van der Waals surface area contributed by atoms with Crippen LogP contribution in [-0.2, 0) is 0 Å². The molecule has 21 heavy (non-hydrogen) atoms. The molecule has 0 aliphatic carbocycles. The van der Waals surface area contributed by atoms with Gasteiger partial charge in [0.2, 0.25) is 0 Å². The van der Waals surface area contributed by atoms with Gasteiger partial charge in [0.25, 0.3) is 11.8 Å². The predicted molar refractivity (Wildman–Crippen MR) is 79.6 cm³/mol. The molecule has 0 aliphatic rings. The van der Waals surface area contributed by atoms with Crippen molar-refractivity contribution in [1.29, 1.82) is 0 Å². The van der Waals surface area contributed by atoms with Gasteiger partial charge in [-0.05, 0) is 38.1 Å². The van der Waals surface area contributed by atoms with E-state index in [0.29, 0.717) is 27.1 Å². The van der Waals surface area contributed by atoms with E-state index in [0.717, 1.165) is 0 Å². The molecule has 0 saturated heterocycles. The lowest BCUT2D eigenvalue weighted by atomic mass is 10.2. The first-order chi connectivity index (χ1) is 9.86. The number of carbonyl (C=O) groups excluding carboxylic acids is 2. The lowest BCUT2D eigenvalue weighted by Gasteiger charge is -2.07. The van der Waals surface area contributed by atoms with E-state index < -0.39 is 11.8 Å². The highest BCUT2D eigenvalue weighted by atomic mass is 35.5. The van der Waals surface area contributed by atoms with Crippen LogP contribution in [0, 0.1) is 13.8 Å². The number of hydrazine groups is 1. The predicted octanol–water partition coefficient (Wildman–Crippen LogP) is 3.28. The number of hydrogen-bond donors (Lipinski definition) is 2. The van der Waals surface area contributed by atoms with E-state index in [-0.39, 0.29) is 5.56 Å². The highest BCUT2D eigenvalue weighted by Crippen LogP contribution is 2.19. The van der Waals surface area contributed by atoms with Gasteiger partial charge in [-0.25, -0.2) is 0 Å². The number of amides is 2. The van der Waals surface area contributed by atoms with E-state index in [1.165, 1.54) is 18.2 Å². The van der Waals surface area contributed by atoms with E-state index in [4.69, 9.17) is 27.6 Å². The Morgan fingerprint density at radius 1 is 0.952 bits per heavy atom. The van der Waals surface area contributed by atoms with Crippen molar-refractivity contribution in [2.75, 3.05) is 0 Å². The lowest BCUT2D eigenvalue weighted by Crippen LogP contribution is -2.41. The lowest BCUT2D eigenvalue weighted by molar-refractivity contribution is 0.0845. The van der Waals surface area contributed by atoms with Gasteiger partial charge in [-0.3, -0.25) is 20.4 Å². The Morgan fingerprint density at radius 2 is 1.52 bits per heavy atom. The van der Waals surface area contributed by atoms with Gasteiger partial charge in [-0.1, -0.05) is 23.2 Å². The zero-order chi connectivity index (χ0) is 15.6. The summed E-state index contributed by atoms with van der Waals surface area (Å²) in [6.45, 7) is 3.40. The van der Waals surface area contributed by atoms with Crippen molar-refractivity contribution >= 4 is 35.0 Å². The molecule has 1 aromatic carbocycles. The van der Waals surface area contributed by atoms with Gasteiger partial charge in [0, 0.05) is 15.6 Å². The largest absolute Gasteiger partial charge is 0.466 e. The second-order valence-electron chi connectivity index (χ2n) is 4.39. The third-order valence-electron chi connectivity index (χ3n) is 2.70. The molecule has 2 N–H and O–H groups in total. The molecule has 0 spiro atoms. The van der Waals surface area contributed by atoms with Crippen LogP contribution < -0.4 is 10.9 Å². The molecule has 1 aromatic heterocycles. The molecule has 2 rings (SSSR count). The molecule has 2 aromatic rings. The van der Waals surface area contributed by atoms with Crippen molar-refractivity contribution in [2.45, 2.75) is 13.8 Å². The summed E-state index contributed by atoms with van der Waals surface area (Å²) in [6.07, 6.45) is 0. The first-order valence-electron chi connectivity index (χ1n) is 6.00. The first kappa shape index (κ1) is 15.4. The summed E-state index contributed by atoms with van der Waals surface area (Å²) in [4.78, 5) is 23.8. The van der Waals surface area contributed by atoms with E-state index in [1.54, 1.807) is 19.9 Å². The van der Waals surface area contributed by atoms with Crippen molar-refractivity contribution in [1.82, 2.24) is 10.9 Å². The quantitative estimate of drug-likeness (QED) is 0.832. The summed E-state index contributed by atoms with van der Waals surface area (Å²) < 4.78 is 5.25. The van der Waals surface area contributed by atoms with Crippen molar-refractivity contribution < 1.29 is 14.0 Å². The molecule has 0 saturated carbocycles. The number of hydrogen-bond acceptors (Lipinski definition) is 3. The second kappa shape index (κ2) is 6.20. The van der Waals surface area contributed by atoms with Crippen LogP contribution in [0.4, 0.5) is 0 Å². The minimum absolute atomic E-state index is 0.243. The van der Waals surface area contributed by atoms with Crippen molar-refractivity contribution in [3.63, 3.8) is 0 Å². The molecule has 0 aliphatic heterocycles. The molecule has 0 bridgehead atoms. The Balaban J connectivity index is 2.04. The zero-order valence-corrected chi connectivity index (χ0v) is 12.8. The Kier molecular flexibility index (Phi) is 4.55. The van der Waals surface area contributed by atoms with Gasteiger partial charge in [0.15, 0.2) is 0 Å². The second-order valence-corrected chi connectivity index (χ2v) is 5.27. The number of rotatable bonds is 2. The zero-order valence-electron chi connectivity index (χ0n) is 11.3. The number of furan rings is 1. The van der Waals surface area contributed by atoms with Crippen LogP contribution in [0.1, 0.15) is 32.2 Å². The van der Waals surface area contributed by atoms with Crippen LogP contribution in [0.15, 0.2) is 28.7 Å². The summed E-state index contributed by atoms with van der Waals surface area (Å²) in [6, 6.07) is 5.99. The summed E-state index contributed by atoms with van der Waals surface area (Å²) in [5.74, 6) is 0.104. The van der Waals surface area contributed by atoms with Gasteiger partial charge in [0.05, 0.1) is 5.56 Å². The third kappa shape index (κ3) is 3.77. The average molecular weight is 327 g/mol.